The van der Waals surface area contributed by atoms with Crippen LogP contribution in [0.1, 0.15) is 122 Å². The monoisotopic (exact) mass is 438 g/mol. The fourth-order valence-corrected chi connectivity index (χ4v) is 3.74. The summed E-state index contributed by atoms with van der Waals surface area (Å²) < 4.78 is 0. The molecule has 178 valence electrons. The quantitative estimate of drug-likeness (QED) is 0.230. The Kier molecular flexibility index (Phi) is 14.8. The molecule has 2 amide bonds. The minimum absolute atomic E-state index is 0.0517. The van der Waals surface area contributed by atoms with Gasteiger partial charge in [0.2, 0.25) is 0 Å². The van der Waals surface area contributed by atoms with E-state index in [4.69, 9.17) is 10.6 Å². The van der Waals surface area contributed by atoms with Crippen molar-refractivity contribution in [3.8, 4) is 0 Å². The second-order valence-corrected chi connectivity index (χ2v) is 8.65. The second-order valence-electron chi connectivity index (χ2n) is 8.65. The van der Waals surface area contributed by atoms with Crippen molar-refractivity contribution in [2.75, 3.05) is 0 Å². The molecule has 31 heavy (non-hydrogen) atoms. The Morgan fingerprint density at radius 3 is 1.74 bits per heavy atom. The molecular weight excluding hydrogens is 396 g/mol. The highest BCUT2D eigenvalue weighted by atomic mass is 16.7. The summed E-state index contributed by atoms with van der Waals surface area (Å²) in [6, 6.07) is -0.713. The summed E-state index contributed by atoms with van der Waals surface area (Å²) in [6.45, 7) is 2.25. The van der Waals surface area contributed by atoms with E-state index in [1.54, 1.807) is 0 Å². The van der Waals surface area contributed by atoms with Gasteiger partial charge < -0.3 is 10.6 Å². The Hall–Kier alpha value is -1.76. The number of unbranched alkanes of at least 4 members (excludes halogenated alkanes) is 12. The molecule has 2 N–H and O–H groups in total. The smallest absolute Gasteiger partial charge is 0.330 e. The molecule has 7 heteroatoms. The maximum absolute atomic E-state index is 12.1. The number of carbonyl (C=O) groups is 4. The predicted octanol–water partition coefficient (Wildman–Crippen LogP) is 4.75. The number of Topliss-reactive ketones (excluding diaryl/α,β-unsaturated/α-hetero) is 1. The third kappa shape index (κ3) is 12.6. The summed E-state index contributed by atoms with van der Waals surface area (Å²) in [5.74, 6) is -1.79. The Morgan fingerprint density at radius 2 is 1.26 bits per heavy atom. The SMILES string of the molecule is CCCCCCCCCCCCCCCC(=O)C(N)CCC(=O)ON1C(=O)CCC1=O. The van der Waals surface area contributed by atoms with Gasteiger partial charge in [-0.25, -0.2) is 4.79 Å². The van der Waals surface area contributed by atoms with Crippen LogP contribution in [0.5, 0.6) is 0 Å². The number of ketones is 1. The number of rotatable bonds is 19. The van der Waals surface area contributed by atoms with Crippen LogP contribution in [0.15, 0.2) is 0 Å². The van der Waals surface area contributed by atoms with E-state index < -0.39 is 23.8 Å². The molecule has 0 bridgehead atoms. The highest BCUT2D eigenvalue weighted by Gasteiger charge is 2.32. The molecule has 7 nitrogen and oxygen atoms in total. The molecule has 0 radical (unpaired) electrons. The standard InChI is InChI=1S/C24H42N2O5/c1-2-3-4-5-6-7-8-9-10-11-12-13-14-15-21(27)20(25)16-19-24(30)31-26-22(28)17-18-23(26)29/h20H,2-19,25H2,1H3. The number of hydroxylamine groups is 2. The van der Waals surface area contributed by atoms with Crippen LogP contribution >= 0.6 is 0 Å². The van der Waals surface area contributed by atoms with Crippen molar-refractivity contribution in [2.45, 2.75) is 129 Å². The van der Waals surface area contributed by atoms with Gasteiger partial charge in [-0.15, -0.1) is 5.06 Å². The maximum atomic E-state index is 12.1. The zero-order chi connectivity index (χ0) is 22.9. The fraction of sp³-hybridized carbons (Fsp3) is 0.833. The van der Waals surface area contributed by atoms with Crippen molar-refractivity contribution in [1.82, 2.24) is 5.06 Å². The summed E-state index contributed by atoms with van der Waals surface area (Å²) >= 11 is 0. The molecule has 1 fully saturated rings. The number of amides is 2. The van der Waals surface area contributed by atoms with Crippen LogP contribution in [0.2, 0.25) is 0 Å². The average molecular weight is 439 g/mol. The van der Waals surface area contributed by atoms with Crippen molar-refractivity contribution >= 4 is 23.6 Å². The van der Waals surface area contributed by atoms with E-state index in [1.165, 1.54) is 64.2 Å². The van der Waals surface area contributed by atoms with Gasteiger partial charge in [-0.3, -0.25) is 14.4 Å². The molecule has 1 rings (SSSR count). The number of nitrogens with two attached hydrogens (primary N) is 1. The van der Waals surface area contributed by atoms with E-state index in [9.17, 15) is 19.2 Å². The van der Waals surface area contributed by atoms with Crippen LogP contribution in [0, 0.1) is 0 Å². The normalized spacial score (nSPS) is 14.8. The van der Waals surface area contributed by atoms with Gasteiger partial charge in [0, 0.05) is 25.7 Å². The summed E-state index contributed by atoms with van der Waals surface area (Å²) in [7, 11) is 0. The Balaban J connectivity index is 1.95. The molecule has 0 spiro atoms. The molecule has 1 unspecified atom stereocenters. The molecule has 0 saturated carbocycles. The van der Waals surface area contributed by atoms with Crippen molar-refractivity contribution in [2.24, 2.45) is 5.73 Å². The van der Waals surface area contributed by atoms with E-state index in [1.807, 2.05) is 0 Å². The summed E-state index contributed by atoms with van der Waals surface area (Å²) in [5, 5.41) is 0.517. The minimum Gasteiger partial charge on any atom is -0.330 e. The van der Waals surface area contributed by atoms with Gasteiger partial charge in [-0.2, -0.15) is 0 Å². The lowest BCUT2D eigenvalue weighted by atomic mass is 10.0. The average Bonchev–Trinajstić information content (AvgIpc) is 3.07. The number of nitrogens with zero attached hydrogens (tertiary/aromatic N) is 1. The Labute approximate surface area is 187 Å². The zero-order valence-corrected chi connectivity index (χ0v) is 19.4. The maximum Gasteiger partial charge on any atom is 0.333 e. The largest absolute Gasteiger partial charge is 0.333 e. The third-order valence-electron chi connectivity index (χ3n) is 5.80. The lowest BCUT2D eigenvalue weighted by molar-refractivity contribution is -0.197. The highest BCUT2D eigenvalue weighted by molar-refractivity contribution is 6.01. The molecule has 0 aliphatic carbocycles. The lowest BCUT2D eigenvalue weighted by Gasteiger charge is -2.14. The molecule has 1 aliphatic rings. The van der Waals surface area contributed by atoms with E-state index in [2.05, 4.69) is 6.92 Å². The third-order valence-corrected chi connectivity index (χ3v) is 5.80. The van der Waals surface area contributed by atoms with Crippen LogP contribution in [0.25, 0.3) is 0 Å². The second kappa shape index (κ2) is 16.9. The molecule has 0 aromatic rings. The van der Waals surface area contributed by atoms with Crippen LogP contribution in [0.3, 0.4) is 0 Å². The van der Waals surface area contributed by atoms with E-state index >= 15 is 0 Å². The fourth-order valence-electron chi connectivity index (χ4n) is 3.74. The molecule has 0 aromatic heterocycles. The first kappa shape index (κ1) is 27.3. The first-order valence-electron chi connectivity index (χ1n) is 12.3. The van der Waals surface area contributed by atoms with Gasteiger partial charge in [-0.05, 0) is 12.8 Å². The van der Waals surface area contributed by atoms with E-state index in [0.29, 0.717) is 11.5 Å². The first-order valence-corrected chi connectivity index (χ1v) is 12.3. The van der Waals surface area contributed by atoms with Gasteiger partial charge in [-0.1, -0.05) is 84.0 Å². The van der Waals surface area contributed by atoms with Crippen LogP contribution in [0.4, 0.5) is 0 Å². The summed E-state index contributed by atoms with van der Waals surface area (Å²) in [6.07, 6.45) is 16.9. The van der Waals surface area contributed by atoms with Crippen LogP contribution in [-0.2, 0) is 24.0 Å². The predicted molar refractivity (Wildman–Crippen MR) is 120 cm³/mol. The minimum atomic E-state index is -0.715. The number of hydrogen-bond donors (Lipinski definition) is 1. The van der Waals surface area contributed by atoms with Gasteiger partial charge in [0.05, 0.1) is 6.04 Å². The lowest BCUT2D eigenvalue weighted by Crippen LogP contribution is -2.34. The Bertz CT molecular complexity index is 548. The Morgan fingerprint density at radius 1 is 0.806 bits per heavy atom. The van der Waals surface area contributed by atoms with E-state index in [0.717, 1.165) is 19.3 Å². The van der Waals surface area contributed by atoms with Crippen molar-refractivity contribution in [1.29, 1.82) is 0 Å². The van der Waals surface area contributed by atoms with E-state index in [-0.39, 0.29) is 31.5 Å². The summed E-state index contributed by atoms with van der Waals surface area (Å²) in [4.78, 5) is 51.5. The van der Waals surface area contributed by atoms with Gasteiger partial charge >= 0.3 is 5.97 Å². The number of hydrogen-bond acceptors (Lipinski definition) is 6. The van der Waals surface area contributed by atoms with Crippen molar-refractivity contribution < 1.29 is 24.0 Å². The molecule has 1 atom stereocenters. The van der Waals surface area contributed by atoms with Crippen LogP contribution in [-0.4, -0.2) is 34.7 Å². The van der Waals surface area contributed by atoms with Gasteiger partial charge in [0.25, 0.3) is 11.8 Å². The molecule has 1 aliphatic heterocycles. The number of carbonyl (C=O) groups excluding carboxylic acids is 4. The first-order chi connectivity index (χ1) is 15.0. The van der Waals surface area contributed by atoms with Crippen molar-refractivity contribution in [3.05, 3.63) is 0 Å². The highest BCUT2D eigenvalue weighted by Crippen LogP contribution is 2.15. The van der Waals surface area contributed by atoms with Gasteiger partial charge in [0.15, 0.2) is 0 Å². The zero-order valence-electron chi connectivity index (χ0n) is 19.4. The van der Waals surface area contributed by atoms with Crippen molar-refractivity contribution in [3.63, 3.8) is 0 Å². The molecule has 1 heterocycles. The molecular formula is C24H42N2O5. The molecule has 1 saturated heterocycles. The number of imide groups is 1. The molecule has 0 aromatic carbocycles. The topological polar surface area (TPSA) is 107 Å². The van der Waals surface area contributed by atoms with Crippen LogP contribution < -0.4 is 5.73 Å². The summed E-state index contributed by atoms with van der Waals surface area (Å²) in [5.41, 5.74) is 5.87. The van der Waals surface area contributed by atoms with Gasteiger partial charge in [0.1, 0.15) is 5.78 Å².